The molecule has 3 unspecified atom stereocenters. The van der Waals surface area contributed by atoms with Crippen LogP contribution < -0.4 is 5.73 Å². The Bertz CT molecular complexity index is 441. The predicted molar refractivity (Wildman–Crippen MR) is 86.6 cm³/mol. The van der Waals surface area contributed by atoms with Crippen LogP contribution in [0.5, 0.6) is 0 Å². The maximum atomic E-state index is 12.7. The molecule has 2 rings (SSSR count). The van der Waals surface area contributed by atoms with Gasteiger partial charge in [-0.25, -0.2) is 0 Å². The van der Waals surface area contributed by atoms with Crippen molar-refractivity contribution in [2.24, 2.45) is 11.7 Å². The molecular formula is C16H25ClN2O2. The molecule has 3 atom stereocenters. The number of nitrogens with two attached hydrogens (primary N) is 1. The van der Waals surface area contributed by atoms with E-state index in [1.54, 1.807) is 7.11 Å². The average molecular weight is 313 g/mol. The number of halogens is 1. The van der Waals surface area contributed by atoms with E-state index in [0.717, 1.165) is 18.5 Å². The van der Waals surface area contributed by atoms with Gasteiger partial charge in [0.25, 0.3) is 0 Å². The van der Waals surface area contributed by atoms with Crippen LogP contribution in [0.25, 0.3) is 0 Å². The highest BCUT2D eigenvalue weighted by Gasteiger charge is 2.32. The van der Waals surface area contributed by atoms with Crippen molar-refractivity contribution in [1.82, 2.24) is 4.90 Å². The molecule has 1 aromatic rings. The lowest BCUT2D eigenvalue weighted by molar-refractivity contribution is -0.137. The number of amides is 1. The lowest BCUT2D eigenvalue weighted by Gasteiger charge is -2.37. The van der Waals surface area contributed by atoms with Crippen molar-refractivity contribution >= 4 is 18.3 Å². The minimum absolute atomic E-state index is 0. The highest BCUT2D eigenvalue weighted by atomic mass is 35.5. The molecule has 0 radical (unpaired) electrons. The number of carbonyl (C=O) groups is 1. The summed E-state index contributed by atoms with van der Waals surface area (Å²) in [7, 11) is 1.72. The van der Waals surface area contributed by atoms with Crippen molar-refractivity contribution in [3.8, 4) is 0 Å². The van der Waals surface area contributed by atoms with Crippen LogP contribution in [0.15, 0.2) is 30.3 Å². The number of methoxy groups -OCH3 is 1. The number of benzene rings is 1. The quantitative estimate of drug-likeness (QED) is 0.925. The Morgan fingerprint density at radius 1 is 1.43 bits per heavy atom. The first kappa shape index (κ1) is 18.0. The maximum absolute atomic E-state index is 12.7. The topological polar surface area (TPSA) is 55.6 Å². The Labute approximate surface area is 133 Å². The lowest BCUT2D eigenvalue weighted by Crippen LogP contribution is -2.49. The predicted octanol–water partition coefficient (Wildman–Crippen LogP) is 2.03. The number of rotatable bonds is 4. The number of hydrogen-bond donors (Lipinski definition) is 1. The van der Waals surface area contributed by atoms with E-state index in [9.17, 15) is 4.79 Å². The zero-order valence-corrected chi connectivity index (χ0v) is 13.5. The van der Waals surface area contributed by atoms with Crippen LogP contribution in [0, 0.1) is 5.92 Å². The van der Waals surface area contributed by atoms with Crippen molar-refractivity contribution in [3.63, 3.8) is 0 Å². The standard InChI is InChI=1S/C16H24N2O2.ClH/c1-12-8-9-18(11-15(12)20-2)16(19)14(10-17)13-6-4-3-5-7-13;/h3-7,12,14-15H,8-11,17H2,1-2H3;1H. The van der Waals surface area contributed by atoms with Gasteiger partial charge in [-0.1, -0.05) is 37.3 Å². The Kier molecular flexibility index (Phi) is 7.15. The van der Waals surface area contributed by atoms with E-state index < -0.39 is 0 Å². The number of hydrogen-bond acceptors (Lipinski definition) is 3. The Morgan fingerprint density at radius 2 is 2.10 bits per heavy atom. The summed E-state index contributed by atoms with van der Waals surface area (Å²) in [5.74, 6) is 0.367. The van der Waals surface area contributed by atoms with Gasteiger partial charge < -0.3 is 15.4 Å². The van der Waals surface area contributed by atoms with Crippen LogP contribution >= 0.6 is 12.4 Å². The molecule has 1 saturated heterocycles. The summed E-state index contributed by atoms with van der Waals surface area (Å²) in [6.45, 7) is 3.98. The summed E-state index contributed by atoms with van der Waals surface area (Å²) in [5.41, 5.74) is 6.82. The Balaban J connectivity index is 0.00000220. The van der Waals surface area contributed by atoms with Gasteiger partial charge in [-0.05, 0) is 17.9 Å². The van der Waals surface area contributed by atoms with Crippen LogP contribution in [0.2, 0.25) is 0 Å². The van der Waals surface area contributed by atoms with Crippen molar-refractivity contribution in [2.45, 2.75) is 25.4 Å². The van der Waals surface area contributed by atoms with Gasteiger partial charge in [-0.2, -0.15) is 0 Å². The van der Waals surface area contributed by atoms with E-state index in [1.165, 1.54) is 0 Å². The summed E-state index contributed by atoms with van der Waals surface area (Å²) < 4.78 is 5.48. The van der Waals surface area contributed by atoms with Gasteiger partial charge in [0.2, 0.25) is 5.91 Å². The molecule has 1 aromatic carbocycles. The van der Waals surface area contributed by atoms with E-state index in [-0.39, 0.29) is 30.3 Å². The molecule has 1 heterocycles. The molecule has 0 saturated carbocycles. The second-order valence-electron chi connectivity index (χ2n) is 5.52. The molecule has 1 amide bonds. The maximum Gasteiger partial charge on any atom is 0.231 e. The normalized spacial score (nSPS) is 23.3. The van der Waals surface area contributed by atoms with Gasteiger partial charge >= 0.3 is 0 Å². The van der Waals surface area contributed by atoms with Gasteiger partial charge in [0.05, 0.1) is 12.0 Å². The van der Waals surface area contributed by atoms with Crippen molar-refractivity contribution < 1.29 is 9.53 Å². The number of piperidine rings is 1. The minimum Gasteiger partial charge on any atom is -0.379 e. The second kappa shape index (κ2) is 8.37. The summed E-state index contributed by atoms with van der Waals surface area (Å²) in [4.78, 5) is 14.6. The first-order chi connectivity index (χ1) is 9.67. The summed E-state index contributed by atoms with van der Waals surface area (Å²) in [5, 5.41) is 0. The lowest BCUT2D eigenvalue weighted by atomic mass is 9.92. The van der Waals surface area contributed by atoms with Gasteiger partial charge in [-0.3, -0.25) is 4.79 Å². The highest BCUT2D eigenvalue weighted by molar-refractivity contribution is 5.85. The molecule has 4 nitrogen and oxygen atoms in total. The number of carbonyl (C=O) groups excluding carboxylic acids is 1. The number of ether oxygens (including phenoxy) is 1. The fraction of sp³-hybridized carbons (Fsp3) is 0.562. The average Bonchev–Trinajstić information content (AvgIpc) is 2.49. The minimum atomic E-state index is -0.248. The summed E-state index contributed by atoms with van der Waals surface area (Å²) in [6.07, 6.45) is 1.11. The van der Waals surface area contributed by atoms with Crippen LogP contribution in [0.3, 0.4) is 0 Å². The third-order valence-corrected chi connectivity index (χ3v) is 4.24. The van der Waals surface area contributed by atoms with E-state index in [0.29, 0.717) is 19.0 Å². The molecule has 1 fully saturated rings. The fourth-order valence-electron chi connectivity index (χ4n) is 2.83. The molecule has 5 heteroatoms. The molecule has 1 aliphatic heterocycles. The molecule has 1 aliphatic rings. The van der Waals surface area contributed by atoms with Crippen molar-refractivity contribution in [3.05, 3.63) is 35.9 Å². The molecule has 0 spiro atoms. The Morgan fingerprint density at radius 3 is 2.67 bits per heavy atom. The van der Waals surface area contributed by atoms with Crippen LogP contribution in [0.4, 0.5) is 0 Å². The Hall–Kier alpha value is -1.10. The van der Waals surface area contributed by atoms with Crippen LogP contribution in [-0.2, 0) is 9.53 Å². The van der Waals surface area contributed by atoms with Crippen molar-refractivity contribution in [2.75, 3.05) is 26.7 Å². The van der Waals surface area contributed by atoms with E-state index in [2.05, 4.69) is 6.92 Å². The highest BCUT2D eigenvalue weighted by Crippen LogP contribution is 2.24. The molecular weight excluding hydrogens is 288 g/mol. The molecule has 118 valence electrons. The smallest absolute Gasteiger partial charge is 0.231 e. The molecule has 0 aliphatic carbocycles. The van der Waals surface area contributed by atoms with E-state index >= 15 is 0 Å². The van der Waals surface area contributed by atoms with E-state index in [4.69, 9.17) is 10.5 Å². The largest absolute Gasteiger partial charge is 0.379 e. The SMILES string of the molecule is COC1CN(C(=O)C(CN)c2ccccc2)CCC1C.Cl. The molecule has 21 heavy (non-hydrogen) atoms. The second-order valence-corrected chi connectivity index (χ2v) is 5.52. The van der Waals surface area contributed by atoms with E-state index in [1.807, 2.05) is 35.2 Å². The molecule has 2 N–H and O–H groups in total. The summed E-state index contributed by atoms with van der Waals surface area (Å²) in [6, 6.07) is 9.78. The number of likely N-dealkylation sites (tertiary alicyclic amines) is 1. The van der Waals surface area contributed by atoms with Crippen LogP contribution in [-0.4, -0.2) is 43.7 Å². The molecule has 0 aromatic heterocycles. The van der Waals surface area contributed by atoms with Crippen molar-refractivity contribution in [1.29, 1.82) is 0 Å². The van der Waals surface area contributed by atoms with Gasteiger partial charge in [0.1, 0.15) is 0 Å². The first-order valence-electron chi connectivity index (χ1n) is 7.24. The van der Waals surface area contributed by atoms with Gasteiger partial charge in [0, 0.05) is 26.7 Å². The van der Waals surface area contributed by atoms with Gasteiger partial charge in [-0.15, -0.1) is 12.4 Å². The monoisotopic (exact) mass is 312 g/mol. The van der Waals surface area contributed by atoms with Gasteiger partial charge in [0.15, 0.2) is 0 Å². The third kappa shape index (κ3) is 4.19. The fourth-order valence-corrected chi connectivity index (χ4v) is 2.83. The number of nitrogens with zero attached hydrogens (tertiary/aromatic N) is 1. The molecule has 0 bridgehead atoms. The van der Waals surface area contributed by atoms with Crippen LogP contribution in [0.1, 0.15) is 24.8 Å². The summed E-state index contributed by atoms with van der Waals surface area (Å²) >= 11 is 0. The third-order valence-electron chi connectivity index (χ3n) is 4.24. The first-order valence-corrected chi connectivity index (χ1v) is 7.24. The zero-order valence-electron chi connectivity index (χ0n) is 12.7. The zero-order chi connectivity index (χ0) is 14.5.